The lowest BCUT2D eigenvalue weighted by Crippen LogP contribution is -2.20. The summed E-state index contributed by atoms with van der Waals surface area (Å²) in [5, 5.41) is 3.41. The van der Waals surface area contributed by atoms with E-state index in [-0.39, 0.29) is 0 Å². The maximum atomic E-state index is 6.31. The number of hydrogen-bond donors (Lipinski definition) is 0. The van der Waals surface area contributed by atoms with Crippen molar-refractivity contribution in [3.63, 3.8) is 0 Å². The van der Waals surface area contributed by atoms with E-state index in [0.29, 0.717) is 28.1 Å². The van der Waals surface area contributed by atoms with E-state index in [0.717, 1.165) is 27.0 Å². The maximum Gasteiger partial charge on any atom is 0.227 e. The molecule has 7 heteroatoms. The van der Waals surface area contributed by atoms with Crippen molar-refractivity contribution in [2.45, 2.75) is 0 Å². The van der Waals surface area contributed by atoms with Crippen LogP contribution in [0.1, 0.15) is 0 Å². The molecular formula is C16H6B3N2O2. The van der Waals surface area contributed by atoms with E-state index in [1.54, 1.807) is 19.6 Å². The lowest BCUT2D eigenvalue weighted by molar-refractivity contribution is 0.646. The number of fused-ring (bicyclic) bond motifs is 6. The average molecular weight is 291 g/mol. The van der Waals surface area contributed by atoms with Gasteiger partial charge in [0.05, 0.1) is 7.17 Å². The number of furan rings is 2. The summed E-state index contributed by atoms with van der Waals surface area (Å²) in [6.07, 6.45) is 3.35. The number of aromatic nitrogens is 2. The van der Waals surface area contributed by atoms with Gasteiger partial charge in [-0.05, 0) is 29.7 Å². The molecule has 0 aliphatic carbocycles. The predicted octanol–water partition coefficient (Wildman–Crippen LogP) is 1.48. The second kappa shape index (κ2) is 4.41. The molecule has 23 heavy (non-hydrogen) atoms. The van der Waals surface area contributed by atoms with Crippen molar-refractivity contribution < 1.29 is 8.83 Å². The molecule has 5 radical (unpaired) electrons. The van der Waals surface area contributed by atoms with Crippen LogP contribution in [0.5, 0.6) is 0 Å². The van der Waals surface area contributed by atoms with Crippen LogP contribution < -0.4 is 10.9 Å². The highest BCUT2D eigenvalue weighted by molar-refractivity contribution is 7.00. The first-order valence-corrected chi connectivity index (χ1v) is 7.10. The zero-order valence-electron chi connectivity index (χ0n) is 11.9. The van der Waals surface area contributed by atoms with E-state index in [1.807, 2.05) is 24.3 Å². The van der Waals surface area contributed by atoms with Crippen molar-refractivity contribution in [1.82, 2.24) is 9.97 Å². The van der Waals surface area contributed by atoms with Crippen molar-refractivity contribution in [3.05, 3.63) is 36.7 Å². The number of pyridine rings is 2. The van der Waals surface area contributed by atoms with Crippen LogP contribution in [0.3, 0.4) is 0 Å². The quantitative estimate of drug-likeness (QED) is 0.439. The van der Waals surface area contributed by atoms with Gasteiger partial charge in [0, 0.05) is 41.7 Å². The summed E-state index contributed by atoms with van der Waals surface area (Å²) in [7, 11) is 13.8. The molecule has 5 aromatic rings. The Labute approximate surface area is 133 Å². The van der Waals surface area contributed by atoms with Crippen LogP contribution in [0.4, 0.5) is 0 Å². The van der Waals surface area contributed by atoms with Gasteiger partial charge >= 0.3 is 0 Å². The van der Waals surface area contributed by atoms with Crippen molar-refractivity contribution in [2.24, 2.45) is 0 Å². The molecule has 5 rings (SSSR count). The van der Waals surface area contributed by atoms with Gasteiger partial charge in [-0.1, -0.05) is 5.46 Å². The van der Waals surface area contributed by atoms with Crippen LogP contribution >= 0.6 is 0 Å². The van der Waals surface area contributed by atoms with Gasteiger partial charge in [0.25, 0.3) is 0 Å². The first-order chi connectivity index (χ1) is 11.3. The summed E-state index contributed by atoms with van der Waals surface area (Å²) in [5.41, 5.74) is 3.34. The van der Waals surface area contributed by atoms with E-state index in [2.05, 4.69) is 9.97 Å². The fourth-order valence-corrected chi connectivity index (χ4v) is 3.17. The van der Waals surface area contributed by atoms with Crippen LogP contribution in [0.25, 0.3) is 44.1 Å². The topological polar surface area (TPSA) is 52.1 Å². The van der Waals surface area contributed by atoms with Gasteiger partial charge in [0.2, 0.25) is 11.4 Å². The van der Waals surface area contributed by atoms with Gasteiger partial charge in [-0.25, -0.2) is 9.97 Å². The van der Waals surface area contributed by atoms with Crippen molar-refractivity contribution >= 4 is 77.8 Å². The minimum Gasteiger partial charge on any atom is -0.438 e. The molecule has 0 saturated heterocycles. The largest absolute Gasteiger partial charge is 0.438 e. The molecule has 4 nitrogen and oxygen atoms in total. The summed E-state index contributed by atoms with van der Waals surface area (Å²) < 4.78 is 11.7. The molecule has 0 amide bonds. The van der Waals surface area contributed by atoms with Crippen molar-refractivity contribution in [2.75, 3.05) is 0 Å². The molecule has 0 N–H and O–H groups in total. The monoisotopic (exact) mass is 291 g/mol. The Balaban J connectivity index is 2.16. The van der Waals surface area contributed by atoms with E-state index in [1.165, 1.54) is 0 Å². The van der Waals surface area contributed by atoms with E-state index in [4.69, 9.17) is 24.4 Å². The second-order valence-corrected chi connectivity index (χ2v) is 5.32. The molecule has 0 aliphatic rings. The maximum absolute atomic E-state index is 6.31. The van der Waals surface area contributed by atoms with Crippen LogP contribution in [0.2, 0.25) is 0 Å². The molecule has 0 saturated carbocycles. The van der Waals surface area contributed by atoms with Gasteiger partial charge in [0.1, 0.15) is 19.0 Å². The Morgan fingerprint density at radius 2 is 1.39 bits per heavy atom. The van der Waals surface area contributed by atoms with Crippen LogP contribution in [-0.2, 0) is 0 Å². The smallest absolute Gasteiger partial charge is 0.227 e. The molecular weight excluding hydrogens is 285 g/mol. The molecule has 0 atom stereocenters. The Kier molecular flexibility index (Phi) is 2.46. The lowest BCUT2D eigenvalue weighted by atomic mass is 9.49. The third-order valence-corrected chi connectivity index (χ3v) is 4.13. The van der Waals surface area contributed by atoms with Crippen LogP contribution in [0.15, 0.2) is 45.5 Å². The molecule has 0 aliphatic heterocycles. The number of rotatable bonds is 1. The standard InChI is InChI=1S/C16H6B3N2O2/c17-11-13-9(7-3-1-5-20-15(7)22-13)12(19-18)10-8-4-2-6-21-16(8)23-14(10)11/h1-6H. The molecule has 4 aromatic heterocycles. The fourth-order valence-electron chi connectivity index (χ4n) is 3.17. The minimum absolute atomic E-state index is 0.427. The molecule has 0 bridgehead atoms. The van der Waals surface area contributed by atoms with Gasteiger partial charge in [-0.15, -0.1) is 0 Å². The third kappa shape index (κ3) is 1.54. The summed E-state index contributed by atoms with van der Waals surface area (Å²) in [5.74, 6) is 0. The van der Waals surface area contributed by atoms with Crippen LogP contribution in [-0.4, -0.2) is 32.7 Å². The highest BCUT2D eigenvalue weighted by atomic mass is 16.4. The summed E-state index contributed by atoms with van der Waals surface area (Å²) >= 11 is 0. The summed E-state index contributed by atoms with van der Waals surface area (Å²) in [6.45, 7) is 0. The van der Waals surface area contributed by atoms with Crippen LogP contribution in [0, 0.1) is 0 Å². The molecule has 0 unspecified atom stereocenters. The SMILES string of the molecule is [B][B]c1c2c(oc3ncccc32)c([B])c2oc3ncccc3c12. The summed E-state index contributed by atoms with van der Waals surface area (Å²) in [6, 6.07) is 7.58. The van der Waals surface area contributed by atoms with E-state index in [9.17, 15) is 0 Å². The normalized spacial score (nSPS) is 11.8. The van der Waals surface area contributed by atoms with Gasteiger partial charge in [-0.3, -0.25) is 0 Å². The zero-order chi connectivity index (χ0) is 15.6. The highest BCUT2D eigenvalue weighted by Crippen LogP contribution is 2.31. The Bertz CT molecular complexity index is 1130. The fraction of sp³-hybridized carbons (Fsp3) is 0. The highest BCUT2D eigenvalue weighted by Gasteiger charge is 2.21. The third-order valence-electron chi connectivity index (χ3n) is 4.13. The Morgan fingerprint density at radius 1 is 0.870 bits per heavy atom. The summed E-state index contributed by atoms with van der Waals surface area (Å²) in [4.78, 5) is 8.50. The first-order valence-electron chi connectivity index (χ1n) is 7.10. The van der Waals surface area contributed by atoms with Gasteiger partial charge in [-0.2, -0.15) is 0 Å². The van der Waals surface area contributed by atoms with Crippen molar-refractivity contribution in [1.29, 1.82) is 0 Å². The average Bonchev–Trinajstić information content (AvgIpc) is 3.15. The molecule has 101 valence electrons. The Hall–Kier alpha value is -2.69. The predicted molar refractivity (Wildman–Crippen MR) is 93.1 cm³/mol. The zero-order valence-corrected chi connectivity index (χ0v) is 11.9. The first kappa shape index (κ1) is 12.8. The minimum atomic E-state index is 0.427. The molecule has 0 spiro atoms. The van der Waals surface area contributed by atoms with Crippen molar-refractivity contribution in [3.8, 4) is 0 Å². The second-order valence-electron chi connectivity index (χ2n) is 5.32. The number of nitrogens with zero attached hydrogens (tertiary/aromatic N) is 2. The van der Waals surface area contributed by atoms with E-state index < -0.39 is 0 Å². The molecule has 1 aromatic carbocycles. The molecule has 0 fully saturated rings. The lowest BCUT2D eigenvalue weighted by Gasteiger charge is -2.05. The Morgan fingerprint density at radius 3 is 1.87 bits per heavy atom. The number of hydrogen-bond acceptors (Lipinski definition) is 4. The number of benzene rings is 1. The molecule has 4 heterocycles. The van der Waals surface area contributed by atoms with Gasteiger partial charge in [0.15, 0.2) is 0 Å². The van der Waals surface area contributed by atoms with E-state index >= 15 is 0 Å². The van der Waals surface area contributed by atoms with Gasteiger partial charge < -0.3 is 8.83 Å².